The average molecular weight is 561 g/mol. The number of rotatable bonds is 12. The van der Waals surface area contributed by atoms with Gasteiger partial charge in [-0.15, -0.1) is 0 Å². The maximum Gasteiger partial charge on any atom is 0.232 e. The van der Waals surface area contributed by atoms with Crippen LogP contribution in [-0.4, -0.2) is 57.2 Å². The highest BCUT2D eigenvalue weighted by Crippen LogP contribution is 2.70. The average Bonchev–Trinajstić information content (AvgIpc) is 3.41. The van der Waals surface area contributed by atoms with Gasteiger partial charge in [0, 0.05) is 29.7 Å². The minimum absolute atomic E-state index is 0.00225. The Bertz CT molecular complexity index is 1180. The van der Waals surface area contributed by atoms with E-state index in [0.717, 1.165) is 53.5 Å². The molecule has 2 unspecified atom stereocenters. The lowest BCUT2D eigenvalue weighted by Crippen LogP contribution is -2.47. The van der Waals surface area contributed by atoms with E-state index in [4.69, 9.17) is 24.9 Å². The summed E-state index contributed by atoms with van der Waals surface area (Å²) in [6, 6.07) is 13.8. The third-order valence-electron chi connectivity index (χ3n) is 7.22. The molecule has 2 aliphatic heterocycles. The zero-order chi connectivity index (χ0) is 27.2. The van der Waals surface area contributed by atoms with Crippen LogP contribution in [0.15, 0.2) is 52.4 Å². The number of nitrogens with two attached hydrogens (primary N) is 1. The molecular weight excluding hydrogens is 523 g/mol. The quantitative estimate of drug-likeness (QED) is 0.259. The molecule has 2 aromatic rings. The molecule has 0 bridgehead atoms. The number of nitrogens with one attached hydrogen (secondary N) is 2. The third kappa shape index (κ3) is 6.54. The van der Waals surface area contributed by atoms with Gasteiger partial charge in [0.1, 0.15) is 28.7 Å². The molecule has 0 saturated carbocycles. The highest BCUT2D eigenvalue weighted by atomic mass is 32.7. The predicted octanol–water partition coefficient (Wildman–Crippen LogP) is 4.33. The Balaban J connectivity index is 1.26. The lowest BCUT2D eigenvalue weighted by atomic mass is 9.98. The number of methoxy groups -OCH3 is 2. The van der Waals surface area contributed by atoms with Gasteiger partial charge in [0.05, 0.1) is 14.2 Å². The number of aryl methyl sites for hydroxylation is 1. The highest BCUT2D eigenvalue weighted by molar-refractivity contribution is 8.58. The number of carbonyl (C=O) groups is 1. The van der Waals surface area contributed by atoms with E-state index in [2.05, 4.69) is 23.0 Å². The molecule has 0 aliphatic carbocycles. The van der Waals surface area contributed by atoms with Crippen molar-refractivity contribution in [3.8, 4) is 11.5 Å². The first-order chi connectivity index (χ1) is 18.3. The first-order valence-corrected chi connectivity index (χ1v) is 16.4. The Labute approximate surface area is 228 Å². The summed E-state index contributed by atoms with van der Waals surface area (Å²) in [7, 11) is 3.26. The first kappa shape index (κ1) is 28.5. The minimum Gasteiger partial charge on any atom is -0.497 e. The smallest absolute Gasteiger partial charge is 0.232 e. The van der Waals surface area contributed by atoms with Crippen LogP contribution in [0.2, 0.25) is 0 Å². The molecule has 4 rings (SSSR count). The molecule has 38 heavy (non-hydrogen) atoms. The zero-order valence-corrected chi connectivity index (χ0v) is 23.9. The van der Waals surface area contributed by atoms with Crippen molar-refractivity contribution in [3.05, 3.63) is 53.6 Å². The maximum atomic E-state index is 13.7. The molecule has 2 aromatic carbocycles. The number of hydrogen-bond acceptors (Lipinski definition) is 9. The number of unbranched alkanes of at least 4 members (excludes halogenated alkanes) is 1. The van der Waals surface area contributed by atoms with E-state index >= 15 is 0 Å². The van der Waals surface area contributed by atoms with Gasteiger partial charge in [-0.2, -0.15) is 0 Å². The van der Waals surface area contributed by atoms with Gasteiger partial charge >= 0.3 is 0 Å². The topological polar surface area (TPSA) is 124 Å². The molecule has 0 radical (unpaired) electrons. The number of hydrazine groups is 1. The number of ether oxygens (including phenoxy) is 3. The number of benzene rings is 2. The molecule has 2 atom stereocenters. The van der Waals surface area contributed by atoms with Crippen LogP contribution < -0.4 is 26.1 Å². The van der Waals surface area contributed by atoms with Crippen LogP contribution >= 0.6 is 17.7 Å². The number of primary amides is 1. The van der Waals surface area contributed by atoms with Crippen LogP contribution in [0.5, 0.6) is 11.5 Å². The van der Waals surface area contributed by atoms with Gasteiger partial charge in [0.2, 0.25) is 5.91 Å². The van der Waals surface area contributed by atoms with Crippen molar-refractivity contribution in [3.63, 3.8) is 0 Å². The summed E-state index contributed by atoms with van der Waals surface area (Å²) in [6.07, 6.45) is 1.77. The van der Waals surface area contributed by atoms with E-state index in [1.54, 1.807) is 20.9 Å². The van der Waals surface area contributed by atoms with Gasteiger partial charge in [0.25, 0.3) is 0 Å². The van der Waals surface area contributed by atoms with Gasteiger partial charge in [-0.1, -0.05) is 23.5 Å². The minimum atomic E-state index is -2.94. The van der Waals surface area contributed by atoms with Gasteiger partial charge in [-0.05, 0) is 75.0 Å². The van der Waals surface area contributed by atoms with Crippen LogP contribution in [0, 0.1) is 0 Å². The van der Waals surface area contributed by atoms with Crippen molar-refractivity contribution >= 4 is 29.5 Å². The fourth-order valence-corrected chi connectivity index (χ4v) is 9.98. The van der Waals surface area contributed by atoms with Crippen LogP contribution in [0.25, 0.3) is 0 Å². The standard InChI is InChI=1S/C27H37N4O5PS/c1-34-21-16-20(17-22(18-21)35-2)25-29-24(30-31-25)7-5-4-6-19-8-10-23(11-9-19)38-37(3,33)27(26(28)32)12-14-36-15-13-27/h8-11,16-18,24,30H,4-7,12-15H2,1-3H3,(H2,28,32)(H,29,31). The molecular formula is C27H37N4O5PS. The summed E-state index contributed by atoms with van der Waals surface area (Å²) in [5.74, 6) is 1.72. The van der Waals surface area contributed by atoms with Gasteiger partial charge < -0.3 is 29.9 Å². The molecule has 4 N–H and O–H groups in total. The second-order valence-corrected chi connectivity index (χ2v) is 15.5. The van der Waals surface area contributed by atoms with E-state index in [1.807, 2.05) is 30.3 Å². The Hall–Kier alpha value is -2.52. The van der Waals surface area contributed by atoms with E-state index in [1.165, 1.54) is 16.9 Å². The van der Waals surface area contributed by atoms with Crippen molar-refractivity contribution < 1.29 is 23.6 Å². The van der Waals surface area contributed by atoms with Crippen LogP contribution in [0.1, 0.15) is 43.2 Å². The lowest BCUT2D eigenvalue weighted by Gasteiger charge is -2.38. The predicted molar refractivity (Wildman–Crippen MR) is 152 cm³/mol. The number of amides is 1. The fraction of sp³-hybridized carbons (Fsp3) is 0.481. The Morgan fingerprint density at radius 1 is 1.13 bits per heavy atom. The first-order valence-electron chi connectivity index (χ1n) is 12.8. The molecule has 1 fully saturated rings. The summed E-state index contributed by atoms with van der Waals surface area (Å²) in [4.78, 5) is 18.0. The maximum absolute atomic E-state index is 13.7. The molecule has 1 amide bonds. The molecule has 1 saturated heterocycles. The summed E-state index contributed by atoms with van der Waals surface area (Å²) < 4.78 is 29.8. The van der Waals surface area contributed by atoms with Gasteiger partial charge in [0.15, 0.2) is 6.34 Å². The molecule has 2 aliphatic rings. The highest BCUT2D eigenvalue weighted by Gasteiger charge is 2.51. The summed E-state index contributed by atoms with van der Waals surface area (Å²) in [5.41, 5.74) is 14.3. The summed E-state index contributed by atoms with van der Waals surface area (Å²) >= 11 is 1.29. The van der Waals surface area contributed by atoms with Gasteiger partial charge in [-0.25, -0.2) is 10.4 Å². The van der Waals surface area contributed by atoms with Crippen LogP contribution in [0.4, 0.5) is 0 Å². The van der Waals surface area contributed by atoms with Crippen LogP contribution in [-0.2, 0) is 20.5 Å². The van der Waals surface area contributed by atoms with E-state index in [-0.39, 0.29) is 6.17 Å². The Morgan fingerprint density at radius 2 is 1.79 bits per heavy atom. The Kier molecular flexibility index (Phi) is 9.41. The van der Waals surface area contributed by atoms with Gasteiger partial charge in [-0.3, -0.25) is 4.79 Å². The van der Waals surface area contributed by atoms with Crippen molar-refractivity contribution in [2.24, 2.45) is 10.7 Å². The van der Waals surface area contributed by atoms with E-state index < -0.39 is 17.4 Å². The number of amidine groups is 1. The SMILES string of the molecule is COc1cc(OC)cc(C2=NC(CCCCc3ccc(SP(C)(=O)C4(C(N)=O)CCOCC4)cc3)NN2)c1. The largest absolute Gasteiger partial charge is 0.497 e. The fourth-order valence-electron chi connectivity index (χ4n) is 4.83. The molecule has 9 nitrogen and oxygen atoms in total. The zero-order valence-electron chi connectivity index (χ0n) is 22.2. The van der Waals surface area contributed by atoms with Crippen molar-refractivity contribution in [1.82, 2.24) is 10.9 Å². The lowest BCUT2D eigenvalue weighted by molar-refractivity contribution is -0.122. The number of carbonyl (C=O) groups excluding carboxylic acids is 1. The van der Waals surface area contributed by atoms with Crippen LogP contribution in [0.3, 0.4) is 0 Å². The summed E-state index contributed by atoms with van der Waals surface area (Å²) in [5, 5.41) is -1.00. The molecule has 206 valence electrons. The molecule has 2 heterocycles. The number of aliphatic imine (C=N–C) groups is 1. The van der Waals surface area contributed by atoms with E-state index in [9.17, 15) is 9.36 Å². The second-order valence-electron chi connectivity index (χ2n) is 9.70. The second kappa shape index (κ2) is 12.6. The van der Waals surface area contributed by atoms with E-state index in [0.29, 0.717) is 26.1 Å². The van der Waals surface area contributed by atoms with Crippen molar-refractivity contribution in [1.29, 1.82) is 0 Å². The Morgan fingerprint density at radius 3 is 2.39 bits per heavy atom. The molecule has 0 spiro atoms. The number of hydrogen-bond donors (Lipinski definition) is 3. The van der Waals surface area contributed by atoms with Crippen molar-refractivity contribution in [2.45, 2.75) is 54.7 Å². The summed E-state index contributed by atoms with van der Waals surface area (Å²) in [6.45, 7) is 2.51. The van der Waals surface area contributed by atoms with Crippen molar-refractivity contribution in [2.75, 3.05) is 34.1 Å². The molecule has 0 aromatic heterocycles. The molecule has 11 heteroatoms. The third-order valence-corrected chi connectivity index (χ3v) is 13.0. The normalized spacial score (nSPS) is 20.2. The number of nitrogens with zero attached hydrogens (tertiary/aromatic N) is 1. The monoisotopic (exact) mass is 560 g/mol.